The van der Waals surface area contributed by atoms with Crippen molar-refractivity contribution in [2.45, 2.75) is 62.6 Å². The Bertz CT molecular complexity index is 1810. The number of aryl methyl sites for hydroxylation is 2. The molecule has 4 atom stereocenters. The lowest BCUT2D eigenvalue weighted by atomic mass is 9.67. The highest BCUT2D eigenvalue weighted by atomic mass is 19.1. The Labute approximate surface area is 292 Å². The lowest BCUT2D eigenvalue weighted by Gasteiger charge is -2.40. The number of anilines is 1. The van der Waals surface area contributed by atoms with Gasteiger partial charge in [-0.3, -0.25) is 19.8 Å². The van der Waals surface area contributed by atoms with Crippen LogP contribution in [-0.4, -0.2) is 91.1 Å². The smallest absolute Gasteiger partial charge is 0.253 e. The van der Waals surface area contributed by atoms with Gasteiger partial charge in [0.05, 0.1) is 18.0 Å². The maximum absolute atomic E-state index is 13.9. The van der Waals surface area contributed by atoms with E-state index in [1.807, 2.05) is 31.2 Å². The molecule has 260 valence electrons. The summed E-state index contributed by atoms with van der Waals surface area (Å²) in [6.45, 7) is 2.02. The molecule has 1 saturated heterocycles. The second-order valence-electron chi connectivity index (χ2n) is 14.3. The SMILES string of the molecule is C[C@H](CC1(C(=N)Nc2ccc(F)cc2)c2ccc(C(=O)N(C)C)cc2CCc2cc(C(=O)N(C)C)ccc21)NCC(=O)N1[C@H](C#N)C[C@@H]2C[C@@H]21. The normalized spacial score (nSPS) is 20.3. The minimum Gasteiger partial charge on any atom is -0.345 e. The topological polar surface area (TPSA) is 133 Å². The van der Waals surface area contributed by atoms with Crippen molar-refractivity contribution in [1.82, 2.24) is 20.0 Å². The molecular weight excluding hydrogens is 633 g/mol. The van der Waals surface area contributed by atoms with E-state index in [4.69, 9.17) is 0 Å². The predicted molar refractivity (Wildman–Crippen MR) is 190 cm³/mol. The van der Waals surface area contributed by atoms with Crippen LogP contribution in [0.4, 0.5) is 10.1 Å². The first-order valence-electron chi connectivity index (χ1n) is 17.1. The van der Waals surface area contributed by atoms with Crippen molar-refractivity contribution in [2.75, 3.05) is 40.1 Å². The van der Waals surface area contributed by atoms with E-state index in [-0.39, 0.29) is 42.2 Å². The van der Waals surface area contributed by atoms with E-state index in [0.717, 1.165) is 35.1 Å². The number of hydrogen-bond acceptors (Lipinski definition) is 6. The largest absolute Gasteiger partial charge is 0.345 e. The minimum absolute atomic E-state index is 0.0453. The number of amidine groups is 1. The van der Waals surface area contributed by atoms with Gasteiger partial charge in [-0.05, 0) is 116 Å². The number of piperidine rings is 1. The van der Waals surface area contributed by atoms with Crippen LogP contribution in [0.2, 0.25) is 0 Å². The van der Waals surface area contributed by atoms with Gasteiger partial charge in [-0.2, -0.15) is 5.26 Å². The van der Waals surface area contributed by atoms with E-state index in [1.54, 1.807) is 57.4 Å². The molecule has 3 aliphatic rings. The molecule has 6 rings (SSSR count). The summed E-state index contributed by atoms with van der Waals surface area (Å²) in [7, 11) is 6.83. The molecule has 2 fully saturated rings. The molecule has 3 aromatic rings. The Hall–Kier alpha value is -5.08. The first kappa shape index (κ1) is 34.8. The number of likely N-dealkylation sites (tertiary alicyclic amines) is 1. The average molecular weight is 678 g/mol. The Kier molecular flexibility index (Phi) is 9.51. The molecule has 1 saturated carbocycles. The zero-order valence-electron chi connectivity index (χ0n) is 29.2. The van der Waals surface area contributed by atoms with Crippen LogP contribution in [0.15, 0.2) is 60.7 Å². The molecular formula is C39H44FN7O3. The fraction of sp³-hybridized carbons (Fsp3) is 0.410. The zero-order valence-corrected chi connectivity index (χ0v) is 29.2. The monoisotopic (exact) mass is 677 g/mol. The average Bonchev–Trinajstić information content (AvgIpc) is 3.79. The van der Waals surface area contributed by atoms with Gasteiger partial charge in [0.2, 0.25) is 5.91 Å². The molecule has 0 aromatic heterocycles. The highest BCUT2D eigenvalue weighted by Gasteiger charge is 2.54. The third kappa shape index (κ3) is 6.48. The Morgan fingerprint density at radius 3 is 2.02 bits per heavy atom. The third-order valence-electron chi connectivity index (χ3n) is 10.4. The van der Waals surface area contributed by atoms with Crippen molar-refractivity contribution in [1.29, 1.82) is 10.7 Å². The lowest BCUT2D eigenvalue weighted by molar-refractivity contribution is -0.131. The van der Waals surface area contributed by atoms with Gasteiger partial charge in [-0.15, -0.1) is 0 Å². The quantitative estimate of drug-likeness (QED) is 0.224. The molecule has 3 amide bonds. The van der Waals surface area contributed by atoms with Crippen molar-refractivity contribution < 1.29 is 18.8 Å². The van der Waals surface area contributed by atoms with Gasteiger partial charge in [0.1, 0.15) is 17.7 Å². The molecule has 1 heterocycles. The highest BCUT2D eigenvalue weighted by Crippen LogP contribution is 2.48. The lowest BCUT2D eigenvalue weighted by Crippen LogP contribution is -2.49. The molecule has 0 unspecified atom stereocenters. The third-order valence-corrected chi connectivity index (χ3v) is 10.4. The van der Waals surface area contributed by atoms with Gasteiger partial charge in [0.25, 0.3) is 11.8 Å². The Morgan fingerprint density at radius 1 is 0.940 bits per heavy atom. The fourth-order valence-corrected chi connectivity index (χ4v) is 7.82. The fourth-order valence-electron chi connectivity index (χ4n) is 7.82. The van der Waals surface area contributed by atoms with E-state index in [2.05, 4.69) is 16.7 Å². The number of carbonyl (C=O) groups excluding carboxylic acids is 3. The van der Waals surface area contributed by atoms with Crippen LogP contribution in [-0.2, 0) is 23.1 Å². The van der Waals surface area contributed by atoms with Crippen molar-refractivity contribution in [3.63, 3.8) is 0 Å². The molecule has 10 nitrogen and oxygen atoms in total. The van der Waals surface area contributed by atoms with Gasteiger partial charge >= 0.3 is 0 Å². The number of halogens is 1. The van der Waals surface area contributed by atoms with Crippen molar-refractivity contribution in [3.8, 4) is 6.07 Å². The van der Waals surface area contributed by atoms with Gasteiger partial charge in [-0.25, -0.2) is 4.39 Å². The summed E-state index contributed by atoms with van der Waals surface area (Å²) in [6, 6.07) is 18.8. The zero-order chi connectivity index (χ0) is 35.9. The summed E-state index contributed by atoms with van der Waals surface area (Å²) in [4.78, 5) is 44.5. The molecule has 11 heteroatoms. The molecule has 3 aromatic carbocycles. The number of nitrogens with one attached hydrogen (secondary N) is 3. The number of benzene rings is 3. The second-order valence-corrected chi connectivity index (χ2v) is 14.3. The van der Waals surface area contributed by atoms with Gasteiger partial charge in [0.15, 0.2) is 0 Å². The number of nitrogens with zero attached hydrogens (tertiary/aromatic N) is 4. The van der Waals surface area contributed by atoms with Crippen molar-refractivity contribution in [3.05, 3.63) is 99.9 Å². The molecule has 2 aliphatic carbocycles. The van der Waals surface area contributed by atoms with Crippen LogP contribution in [0, 0.1) is 28.5 Å². The molecule has 0 bridgehead atoms. The van der Waals surface area contributed by atoms with Gasteiger partial charge in [0, 0.05) is 57.1 Å². The molecule has 3 N–H and O–H groups in total. The summed E-state index contributed by atoms with van der Waals surface area (Å²) < 4.78 is 13.9. The van der Waals surface area contributed by atoms with E-state index in [1.165, 1.54) is 21.9 Å². The van der Waals surface area contributed by atoms with E-state index >= 15 is 0 Å². The van der Waals surface area contributed by atoms with Crippen LogP contribution in [0.1, 0.15) is 69.2 Å². The van der Waals surface area contributed by atoms with Crippen LogP contribution >= 0.6 is 0 Å². The van der Waals surface area contributed by atoms with Gasteiger partial charge in [-0.1, -0.05) is 12.1 Å². The molecule has 0 spiro atoms. The first-order chi connectivity index (χ1) is 23.8. The Balaban J connectivity index is 1.45. The standard InChI is InChI=1S/C39H44FN7O3/c1-23(43-22-35(48)47-31(21-41)18-28-19-34(28)47)20-39(38(42)44-30-12-10-29(40)11-13-30)32-14-8-26(36(49)45(2)3)16-24(32)6-7-25-17-27(9-15-33(25)39)37(50)46(4)5/h8-17,23,28,31,34,43H,6-7,18-20,22H2,1-5H3,(H2,42,44)/t23-,28-,31+,34+/m1/s1. The number of amides is 3. The summed E-state index contributed by atoms with van der Waals surface area (Å²) in [5.74, 6) is -0.228. The second kappa shape index (κ2) is 13.7. The predicted octanol–water partition coefficient (Wildman–Crippen LogP) is 4.58. The summed E-state index contributed by atoms with van der Waals surface area (Å²) in [5.41, 5.74) is 3.94. The number of hydrogen-bond donors (Lipinski definition) is 3. The van der Waals surface area contributed by atoms with Crippen LogP contribution in [0.5, 0.6) is 0 Å². The van der Waals surface area contributed by atoms with Gasteiger partial charge < -0.3 is 25.3 Å². The van der Waals surface area contributed by atoms with Crippen molar-refractivity contribution in [2.24, 2.45) is 5.92 Å². The molecule has 1 aliphatic heterocycles. The minimum atomic E-state index is -1.13. The van der Waals surface area contributed by atoms with Crippen LogP contribution in [0.25, 0.3) is 0 Å². The number of rotatable bonds is 9. The highest BCUT2D eigenvalue weighted by molar-refractivity contribution is 6.05. The number of nitriles is 1. The molecule has 0 radical (unpaired) electrons. The summed E-state index contributed by atoms with van der Waals surface area (Å²) in [6.07, 6.45) is 3.13. The van der Waals surface area contributed by atoms with Crippen LogP contribution in [0.3, 0.4) is 0 Å². The summed E-state index contributed by atoms with van der Waals surface area (Å²) >= 11 is 0. The van der Waals surface area contributed by atoms with Crippen molar-refractivity contribution >= 4 is 29.2 Å². The summed E-state index contributed by atoms with van der Waals surface area (Å²) in [5, 5.41) is 26.2. The van der Waals surface area contributed by atoms with Crippen LogP contribution < -0.4 is 10.6 Å². The maximum atomic E-state index is 13.9. The van der Waals surface area contributed by atoms with E-state index in [9.17, 15) is 29.4 Å². The van der Waals surface area contributed by atoms with E-state index in [0.29, 0.717) is 42.0 Å². The number of carbonyl (C=O) groups is 3. The molecule has 50 heavy (non-hydrogen) atoms. The van der Waals surface area contributed by atoms with E-state index < -0.39 is 17.3 Å². The maximum Gasteiger partial charge on any atom is 0.253 e. The first-order valence-corrected chi connectivity index (χ1v) is 17.1. The number of fused-ring (bicyclic) bond motifs is 3. The Morgan fingerprint density at radius 2 is 1.50 bits per heavy atom.